The molecule has 19 heavy (non-hydrogen) atoms. The van der Waals surface area contributed by atoms with E-state index in [2.05, 4.69) is 20.2 Å². The number of nitrogens with zero attached hydrogens (tertiary/aromatic N) is 3. The normalized spacial score (nSPS) is 21.7. The minimum Gasteiger partial charge on any atom is -0.484 e. The molecule has 3 N–H and O–H groups in total. The highest BCUT2D eigenvalue weighted by molar-refractivity contribution is 5.68. The molecule has 7 nitrogen and oxygen atoms in total. The van der Waals surface area contributed by atoms with Crippen molar-refractivity contribution in [2.45, 2.75) is 18.9 Å². The average Bonchev–Trinajstić information content (AvgIpc) is 2.91. The van der Waals surface area contributed by atoms with Gasteiger partial charge in [0, 0.05) is 20.2 Å². The van der Waals surface area contributed by atoms with Gasteiger partial charge >= 0.3 is 0 Å². The van der Waals surface area contributed by atoms with Gasteiger partial charge in [0.25, 0.3) is 0 Å². The maximum Gasteiger partial charge on any atom is 0.224 e. The van der Waals surface area contributed by atoms with Gasteiger partial charge in [-0.1, -0.05) is 0 Å². The lowest BCUT2D eigenvalue weighted by atomic mass is 10.2. The average molecular weight is 265 g/mol. The lowest BCUT2D eigenvalue weighted by Gasteiger charge is -2.29. The van der Waals surface area contributed by atoms with Crippen LogP contribution in [0.2, 0.25) is 0 Å². The molecule has 0 aliphatic carbocycles. The molecule has 1 atom stereocenters. The van der Waals surface area contributed by atoms with Gasteiger partial charge < -0.3 is 25.4 Å². The summed E-state index contributed by atoms with van der Waals surface area (Å²) in [5, 5.41) is 3.29. The van der Waals surface area contributed by atoms with Crippen molar-refractivity contribution in [3.8, 4) is 5.75 Å². The maximum atomic E-state index is 5.82. The van der Waals surface area contributed by atoms with E-state index in [9.17, 15) is 0 Å². The van der Waals surface area contributed by atoms with Crippen LogP contribution in [-0.2, 0) is 4.74 Å². The molecule has 0 bridgehead atoms. The quantitative estimate of drug-likeness (QED) is 0.822. The molecule has 1 aromatic rings. The fourth-order valence-corrected chi connectivity index (χ4v) is 2.54. The van der Waals surface area contributed by atoms with Crippen LogP contribution in [0.25, 0.3) is 0 Å². The van der Waals surface area contributed by atoms with Crippen LogP contribution in [-0.4, -0.2) is 49.4 Å². The summed E-state index contributed by atoms with van der Waals surface area (Å²) < 4.78 is 11.0. The van der Waals surface area contributed by atoms with Gasteiger partial charge in [-0.05, 0) is 12.8 Å². The highest BCUT2D eigenvalue weighted by Crippen LogP contribution is 2.37. The molecule has 2 aliphatic heterocycles. The summed E-state index contributed by atoms with van der Waals surface area (Å²) >= 11 is 0. The molecule has 1 saturated heterocycles. The van der Waals surface area contributed by atoms with Crippen LogP contribution in [0.1, 0.15) is 12.8 Å². The molecule has 104 valence electrons. The third-order valence-electron chi connectivity index (χ3n) is 3.41. The Labute approximate surface area is 112 Å². The summed E-state index contributed by atoms with van der Waals surface area (Å²) in [7, 11) is 1.67. The van der Waals surface area contributed by atoms with Crippen molar-refractivity contribution in [2.75, 3.05) is 49.4 Å². The van der Waals surface area contributed by atoms with E-state index in [0.717, 1.165) is 18.9 Å². The number of ether oxygens (including phenoxy) is 2. The lowest BCUT2D eigenvalue weighted by Crippen LogP contribution is -2.37. The predicted molar refractivity (Wildman–Crippen MR) is 72.7 cm³/mol. The molecular formula is C12H19N5O2. The van der Waals surface area contributed by atoms with Crippen LogP contribution in [0, 0.1) is 0 Å². The molecule has 1 fully saturated rings. The first-order chi connectivity index (χ1) is 9.28. The fourth-order valence-electron chi connectivity index (χ4n) is 2.54. The SMILES string of the molecule is COCC1COc2c(nc(N)nc2N2CCCC2)N1. The van der Waals surface area contributed by atoms with Crippen LogP contribution in [0.15, 0.2) is 0 Å². The van der Waals surface area contributed by atoms with E-state index >= 15 is 0 Å². The monoisotopic (exact) mass is 265 g/mol. The van der Waals surface area contributed by atoms with Gasteiger partial charge in [-0.3, -0.25) is 0 Å². The van der Waals surface area contributed by atoms with Gasteiger partial charge in [0.2, 0.25) is 11.7 Å². The largest absolute Gasteiger partial charge is 0.484 e. The van der Waals surface area contributed by atoms with Gasteiger partial charge in [-0.25, -0.2) is 0 Å². The van der Waals surface area contributed by atoms with Gasteiger partial charge in [-0.2, -0.15) is 9.97 Å². The van der Waals surface area contributed by atoms with Crippen molar-refractivity contribution in [1.82, 2.24) is 9.97 Å². The number of fused-ring (bicyclic) bond motifs is 1. The Kier molecular flexibility index (Phi) is 3.29. The van der Waals surface area contributed by atoms with Crippen molar-refractivity contribution >= 4 is 17.6 Å². The lowest BCUT2D eigenvalue weighted by molar-refractivity contribution is 0.154. The molecule has 7 heteroatoms. The Balaban J connectivity index is 1.90. The summed E-state index contributed by atoms with van der Waals surface area (Å²) in [5.41, 5.74) is 5.79. The van der Waals surface area contributed by atoms with Gasteiger partial charge in [0.1, 0.15) is 6.61 Å². The zero-order chi connectivity index (χ0) is 13.2. The topological polar surface area (TPSA) is 85.5 Å². The Hall–Kier alpha value is -1.76. The number of nitrogens with two attached hydrogens (primary N) is 1. The molecule has 3 heterocycles. The van der Waals surface area contributed by atoms with Gasteiger partial charge in [-0.15, -0.1) is 0 Å². The number of hydrogen-bond acceptors (Lipinski definition) is 7. The predicted octanol–water partition coefficient (Wildman–Crippen LogP) is 0.478. The summed E-state index contributed by atoms with van der Waals surface area (Å²) in [6, 6.07) is 0.0956. The molecule has 0 aromatic carbocycles. The summed E-state index contributed by atoms with van der Waals surface area (Å²) in [6.07, 6.45) is 2.36. The molecule has 1 aromatic heterocycles. The van der Waals surface area contributed by atoms with Crippen LogP contribution in [0.4, 0.5) is 17.6 Å². The number of hydrogen-bond donors (Lipinski definition) is 2. The van der Waals surface area contributed by atoms with Crippen LogP contribution < -0.4 is 20.7 Å². The molecule has 1 unspecified atom stereocenters. The molecule has 3 rings (SSSR count). The number of nitrogens with one attached hydrogen (secondary N) is 1. The van der Waals surface area contributed by atoms with Crippen LogP contribution in [0.5, 0.6) is 5.75 Å². The van der Waals surface area contributed by atoms with E-state index in [1.165, 1.54) is 12.8 Å². The Bertz CT molecular complexity index is 462. The Morgan fingerprint density at radius 3 is 2.95 bits per heavy atom. The second-order valence-corrected chi connectivity index (χ2v) is 4.88. The molecule has 2 aliphatic rings. The van der Waals surface area contributed by atoms with Crippen LogP contribution in [0.3, 0.4) is 0 Å². The van der Waals surface area contributed by atoms with E-state index in [4.69, 9.17) is 15.2 Å². The Morgan fingerprint density at radius 2 is 2.21 bits per heavy atom. The number of methoxy groups -OCH3 is 1. The van der Waals surface area contributed by atoms with E-state index in [1.807, 2.05) is 0 Å². The van der Waals surface area contributed by atoms with E-state index in [-0.39, 0.29) is 12.0 Å². The zero-order valence-corrected chi connectivity index (χ0v) is 11.1. The van der Waals surface area contributed by atoms with Crippen molar-refractivity contribution in [3.63, 3.8) is 0 Å². The minimum atomic E-state index is 0.0956. The number of anilines is 3. The van der Waals surface area contributed by atoms with Gasteiger partial charge in [0.05, 0.1) is 12.6 Å². The first-order valence-corrected chi connectivity index (χ1v) is 6.58. The number of nitrogen functional groups attached to an aromatic ring is 1. The van der Waals surface area contributed by atoms with Crippen molar-refractivity contribution in [2.24, 2.45) is 0 Å². The zero-order valence-electron chi connectivity index (χ0n) is 11.1. The summed E-state index contributed by atoms with van der Waals surface area (Å²) in [6.45, 7) is 3.11. The van der Waals surface area contributed by atoms with Crippen LogP contribution >= 0.6 is 0 Å². The summed E-state index contributed by atoms with van der Waals surface area (Å²) in [5.74, 6) is 2.46. The first kappa shape index (κ1) is 12.3. The molecule has 0 saturated carbocycles. The van der Waals surface area contributed by atoms with Crippen molar-refractivity contribution < 1.29 is 9.47 Å². The van der Waals surface area contributed by atoms with E-state index in [1.54, 1.807) is 7.11 Å². The second-order valence-electron chi connectivity index (χ2n) is 4.88. The molecule has 0 radical (unpaired) electrons. The third kappa shape index (κ3) is 2.37. The number of rotatable bonds is 3. The smallest absolute Gasteiger partial charge is 0.224 e. The molecular weight excluding hydrogens is 246 g/mol. The van der Waals surface area contributed by atoms with E-state index in [0.29, 0.717) is 24.8 Å². The number of aromatic nitrogens is 2. The Morgan fingerprint density at radius 1 is 1.42 bits per heavy atom. The highest BCUT2D eigenvalue weighted by atomic mass is 16.5. The molecule has 0 amide bonds. The van der Waals surface area contributed by atoms with Gasteiger partial charge in [0.15, 0.2) is 11.6 Å². The first-order valence-electron chi connectivity index (χ1n) is 6.58. The fraction of sp³-hybridized carbons (Fsp3) is 0.667. The molecule has 0 spiro atoms. The highest BCUT2D eigenvalue weighted by Gasteiger charge is 2.28. The minimum absolute atomic E-state index is 0.0956. The summed E-state index contributed by atoms with van der Waals surface area (Å²) in [4.78, 5) is 10.8. The van der Waals surface area contributed by atoms with Crippen molar-refractivity contribution in [1.29, 1.82) is 0 Å². The third-order valence-corrected chi connectivity index (χ3v) is 3.41. The second kappa shape index (κ2) is 5.08. The van der Waals surface area contributed by atoms with Crippen molar-refractivity contribution in [3.05, 3.63) is 0 Å². The maximum absolute atomic E-state index is 5.82. The van der Waals surface area contributed by atoms with E-state index < -0.39 is 0 Å². The standard InChI is InChI=1S/C12H19N5O2/c1-18-6-8-7-19-9-10(14-8)15-12(13)16-11(9)17-4-2-3-5-17/h8H,2-7H2,1H3,(H3,13,14,15,16).